The standard InChI is InChI=1S/C17H15FN4O3/c1-10-7-8-11(25-10)9-14-15(23)20-16(22(14)2)21-17(24)19-13-6-4-3-5-12(13)18/h3-9H,1-2H3,(H2,19,20,21,23,24)/b14-9+. The summed E-state index contributed by atoms with van der Waals surface area (Å²) in [6.45, 7) is 1.79. The maximum Gasteiger partial charge on any atom is 0.348 e. The number of urea groups is 1. The van der Waals surface area contributed by atoms with Crippen LogP contribution < -0.4 is 10.6 Å². The molecular formula is C17H15FN4O3. The van der Waals surface area contributed by atoms with Crippen molar-refractivity contribution in [2.75, 3.05) is 12.4 Å². The first-order valence-corrected chi connectivity index (χ1v) is 7.41. The first kappa shape index (κ1) is 16.4. The zero-order chi connectivity index (χ0) is 18.0. The van der Waals surface area contributed by atoms with Gasteiger partial charge in [0.15, 0.2) is 0 Å². The second-order valence-electron chi connectivity index (χ2n) is 5.34. The highest BCUT2D eigenvalue weighted by atomic mass is 19.1. The van der Waals surface area contributed by atoms with E-state index in [1.807, 2.05) is 0 Å². The molecular weight excluding hydrogens is 327 g/mol. The molecule has 1 aliphatic rings. The van der Waals surface area contributed by atoms with Gasteiger partial charge in [0.05, 0.1) is 5.69 Å². The number of benzene rings is 1. The predicted molar refractivity (Wildman–Crippen MR) is 90.2 cm³/mol. The molecule has 0 unspecified atom stereocenters. The van der Waals surface area contributed by atoms with Crippen molar-refractivity contribution in [1.29, 1.82) is 0 Å². The van der Waals surface area contributed by atoms with Crippen molar-refractivity contribution in [3.63, 3.8) is 0 Å². The number of hydrogen-bond acceptors (Lipinski definition) is 3. The molecule has 1 aliphatic heterocycles. The van der Waals surface area contributed by atoms with Crippen molar-refractivity contribution in [2.45, 2.75) is 6.92 Å². The molecule has 0 spiro atoms. The highest BCUT2D eigenvalue weighted by Gasteiger charge is 2.29. The Hall–Kier alpha value is -3.42. The number of carbonyl (C=O) groups excluding carboxylic acids is 2. The van der Waals surface area contributed by atoms with E-state index in [0.29, 0.717) is 11.5 Å². The quantitative estimate of drug-likeness (QED) is 0.822. The van der Waals surface area contributed by atoms with Crippen molar-refractivity contribution in [3.8, 4) is 0 Å². The molecule has 3 amide bonds. The van der Waals surface area contributed by atoms with Gasteiger partial charge in [-0.2, -0.15) is 4.99 Å². The maximum atomic E-state index is 13.5. The van der Waals surface area contributed by atoms with Crippen molar-refractivity contribution in [1.82, 2.24) is 10.2 Å². The van der Waals surface area contributed by atoms with Gasteiger partial charge in [0.2, 0.25) is 5.96 Å². The van der Waals surface area contributed by atoms with Gasteiger partial charge in [-0.1, -0.05) is 12.1 Å². The smallest absolute Gasteiger partial charge is 0.348 e. The highest BCUT2D eigenvalue weighted by Crippen LogP contribution is 2.17. The first-order chi connectivity index (χ1) is 11.9. The average Bonchev–Trinajstić information content (AvgIpc) is 3.08. The number of amides is 3. The van der Waals surface area contributed by atoms with E-state index in [0.717, 1.165) is 0 Å². The van der Waals surface area contributed by atoms with Crippen LogP contribution in [0.4, 0.5) is 14.9 Å². The topological polar surface area (TPSA) is 86.9 Å². The van der Waals surface area contributed by atoms with Gasteiger partial charge in [-0.15, -0.1) is 0 Å². The number of likely N-dealkylation sites (N-methyl/N-ethyl adjacent to an activating group) is 1. The van der Waals surface area contributed by atoms with E-state index in [2.05, 4.69) is 15.6 Å². The lowest BCUT2D eigenvalue weighted by atomic mass is 10.3. The summed E-state index contributed by atoms with van der Waals surface area (Å²) in [7, 11) is 1.58. The molecule has 7 nitrogen and oxygen atoms in total. The molecule has 0 aliphatic carbocycles. The number of guanidine groups is 1. The number of carbonyl (C=O) groups is 2. The molecule has 1 fully saturated rings. The summed E-state index contributed by atoms with van der Waals surface area (Å²) < 4.78 is 19.0. The van der Waals surface area contributed by atoms with Gasteiger partial charge in [-0.3, -0.25) is 10.1 Å². The summed E-state index contributed by atoms with van der Waals surface area (Å²) in [5.74, 6) is 0.258. The Bertz CT molecular complexity index is 901. The van der Waals surface area contributed by atoms with Crippen LogP contribution in [0.2, 0.25) is 0 Å². The molecule has 1 aromatic carbocycles. The summed E-state index contributed by atoms with van der Waals surface area (Å²) >= 11 is 0. The molecule has 0 radical (unpaired) electrons. The SMILES string of the molecule is Cc1ccc(/C=C2\C(=O)N/C(=N\C(=O)Nc3ccccc3F)N2C)o1. The summed E-state index contributed by atoms with van der Waals surface area (Å²) in [6, 6.07) is 8.42. The van der Waals surface area contributed by atoms with Gasteiger partial charge >= 0.3 is 6.03 Å². The van der Waals surface area contributed by atoms with E-state index in [1.54, 1.807) is 38.2 Å². The van der Waals surface area contributed by atoms with E-state index in [1.165, 1.54) is 23.1 Å². The van der Waals surface area contributed by atoms with Gasteiger partial charge in [0.25, 0.3) is 5.91 Å². The zero-order valence-corrected chi connectivity index (χ0v) is 13.5. The molecule has 25 heavy (non-hydrogen) atoms. The monoisotopic (exact) mass is 342 g/mol. The number of nitrogens with zero attached hydrogens (tertiary/aromatic N) is 2. The fourth-order valence-corrected chi connectivity index (χ4v) is 2.25. The molecule has 1 aromatic heterocycles. The van der Waals surface area contributed by atoms with Crippen LogP contribution in [0.3, 0.4) is 0 Å². The van der Waals surface area contributed by atoms with Gasteiger partial charge in [0.1, 0.15) is 23.0 Å². The molecule has 0 bridgehead atoms. The molecule has 0 atom stereocenters. The lowest BCUT2D eigenvalue weighted by molar-refractivity contribution is -0.115. The van der Waals surface area contributed by atoms with Gasteiger partial charge in [-0.05, 0) is 31.2 Å². The summed E-state index contributed by atoms with van der Waals surface area (Å²) in [4.78, 5) is 29.2. The molecule has 1 saturated heterocycles. The number of aryl methyl sites for hydroxylation is 1. The van der Waals surface area contributed by atoms with Gasteiger partial charge in [0, 0.05) is 13.1 Å². The Morgan fingerprint density at radius 2 is 2.08 bits per heavy atom. The molecule has 2 heterocycles. The summed E-state index contributed by atoms with van der Waals surface area (Å²) in [6.07, 6.45) is 1.54. The van der Waals surface area contributed by atoms with E-state index in [9.17, 15) is 14.0 Å². The van der Waals surface area contributed by atoms with E-state index in [4.69, 9.17) is 4.42 Å². The van der Waals surface area contributed by atoms with Crippen LogP contribution in [0, 0.1) is 12.7 Å². The van der Waals surface area contributed by atoms with Crippen LogP contribution in [0.1, 0.15) is 11.5 Å². The van der Waals surface area contributed by atoms with Crippen LogP contribution in [0.15, 0.2) is 51.5 Å². The lowest BCUT2D eigenvalue weighted by Gasteiger charge is -2.10. The number of aliphatic imine (C=N–C) groups is 1. The number of para-hydroxylation sites is 1. The minimum absolute atomic E-state index is 0.00523. The number of halogens is 1. The molecule has 2 aromatic rings. The highest BCUT2D eigenvalue weighted by molar-refractivity contribution is 6.17. The fraction of sp³-hybridized carbons (Fsp3) is 0.118. The number of nitrogens with one attached hydrogen (secondary N) is 2. The largest absolute Gasteiger partial charge is 0.462 e. The van der Waals surface area contributed by atoms with Crippen LogP contribution in [-0.4, -0.2) is 29.8 Å². The maximum absolute atomic E-state index is 13.5. The minimum atomic E-state index is -0.803. The van der Waals surface area contributed by atoms with Gasteiger partial charge < -0.3 is 14.6 Å². The second kappa shape index (κ2) is 6.60. The Labute approximate surface area is 142 Å². The van der Waals surface area contributed by atoms with Crippen molar-refractivity contribution >= 4 is 29.7 Å². The molecule has 8 heteroatoms. The first-order valence-electron chi connectivity index (χ1n) is 7.41. The number of hydrogen-bond donors (Lipinski definition) is 2. The lowest BCUT2D eigenvalue weighted by Crippen LogP contribution is -2.29. The fourth-order valence-electron chi connectivity index (χ4n) is 2.25. The third-order valence-corrected chi connectivity index (χ3v) is 3.50. The van der Waals surface area contributed by atoms with E-state index in [-0.39, 0.29) is 17.3 Å². The van der Waals surface area contributed by atoms with Crippen LogP contribution in [0.5, 0.6) is 0 Å². The van der Waals surface area contributed by atoms with E-state index >= 15 is 0 Å². The molecule has 2 N–H and O–H groups in total. The minimum Gasteiger partial charge on any atom is -0.462 e. The Balaban J connectivity index is 1.78. The van der Waals surface area contributed by atoms with Gasteiger partial charge in [-0.25, -0.2) is 9.18 Å². The van der Waals surface area contributed by atoms with Crippen molar-refractivity contribution in [3.05, 3.63) is 59.4 Å². The Morgan fingerprint density at radius 1 is 1.32 bits per heavy atom. The average molecular weight is 342 g/mol. The molecule has 3 rings (SSSR count). The number of anilines is 1. The van der Waals surface area contributed by atoms with Crippen LogP contribution in [-0.2, 0) is 4.79 Å². The molecule has 0 saturated carbocycles. The van der Waals surface area contributed by atoms with Crippen LogP contribution >= 0.6 is 0 Å². The number of rotatable bonds is 2. The number of furan rings is 1. The predicted octanol–water partition coefficient (Wildman–Crippen LogP) is 2.72. The third-order valence-electron chi connectivity index (χ3n) is 3.50. The molecule has 128 valence electrons. The summed E-state index contributed by atoms with van der Waals surface area (Å²) in [5.41, 5.74) is 0.275. The third kappa shape index (κ3) is 3.57. The van der Waals surface area contributed by atoms with E-state index < -0.39 is 17.8 Å². The Morgan fingerprint density at radius 3 is 2.76 bits per heavy atom. The van der Waals surface area contributed by atoms with Crippen molar-refractivity contribution in [2.24, 2.45) is 4.99 Å². The van der Waals surface area contributed by atoms with Crippen molar-refractivity contribution < 1.29 is 18.4 Å². The Kier molecular flexibility index (Phi) is 4.34. The van der Waals surface area contributed by atoms with Crippen LogP contribution in [0.25, 0.3) is 6.08 Å². The second-order valence-corrected chi connectivity index (χ2v) is 5.34. The normalized spacial score (nSPS) is 17.2. The zero-order valence-electron chi connectivity index (χ0n) is 13.5. The summed E-state index contributed by atoms with van der Waals surface area (Å²) in [5, 5.41) is 4.81.